The van der Waals surface area contributed by atoms with Gasteiger partial charge in [-0.3, -0.25) is 9.78 Å². The van der Waals surface area contributed by atoms with Crippen LogP contribution in [0.3, 0.4) is 0 Å². The second-order valence-corrected chi connectivity index (χ2v) is 6.03. The van der Waals surface area contributed by atoms with Gasteiger partial charge < -0.3 is 4.90 Å². The van der Waals surface area contributed by atoms with Gasteiger partial charge in [0.15, 0.2) is 0 Å². The summed E-state index contributed by atoms with van der Waals surface area (Å²) in [6, 6.07) is 15.5. The lowest BCUT2D eigenvalue weighted by molar-refractivity contribution is 0.0993. The predicted octanol–water partition coefficient (Wildman–Crippen LogP) is 4.40. The van der Waals surface area contributed by atoms with Crippen LogP contribution in [0.2, 0.25) is 0 Å². The Morgan fingerprint density at radius 1 is 1.14 bits per heavy atom. The molecule has 2 aromatic heterocycles. The van der Waals surface area contributed by atoms with Crippen LogP contribution in [-0.2, 0) is 0 Å². The Hall–Kier alpha value is -2.46. The van der Waals surface area contributed by atoms with Crippen molar-refractivity contribution in [1.29, 1.82) is 0 Å². The highest BCUT2D eigenvalue weighted by Gasteiger charge is 2.15. The van der Waals surface area contributed by atoms with Crippen molar-refractivity contribution in [1.82, 2.24) is 4.98 Å². The van der Waals surface area contributed by atoms with Gasteiger partial charge in [0.25, 0.3) is 5.91 Å². The molecule has 2 heterocycles. The van der Waals surface area contributed by atoms with Crippen molar-refractivity contribution in [3.05, 3.63) is 71.2 Å². The first-order valence-corrected chi connectivity index (χ1v) is 7.88. The van der Waals surface area contributed by atoms with Crippen molar-refractivity contribution in [2.24, 2.45) is 0 Å². The Bertz CT molecular complexity index is 778. The molecule has 3 rings (SSSR count). The van der Waals surface area contributed by atoms with Crippen LogP contribution in [0.4, 0.5) is 5.69 Å². The van der Waals surface area contributed by atoms with Crippen LogP contribution in [0, 0.1) is 6.92 Å². The zero-order valence-corrected chi connectivity index (χ0v) is 13.3. The second kappa shape index (κ2) is 6.12. The standard InChI is InChI=1S/C18H16N2OS/c1-13-6-8-14(9-7-13)18(21)20(2)15-11-17(22-12-15)16-5-3-4-10-19-16/h3-12H,1-2H3. The molecule has 0 aliphatic rings. The van der Waals surface area contributed by atoms with Crippen molar-refractivity contribution in [2.45, 2.75) is 6.92 Å². The number of carbonyl (C=O) groups is 1. The van der Waals surface area contributed by atoms with Crippen LogP contribution in [0.5, 0.6) is 0 Å². The number of hydrogen-bond donors (Lipinski definition) is 0. The van der Waals surface area contributed by atoms with E-state index in [0.717, 1.165) is 21.8 Å². The molecule has 3 aromatic rings. The Labute approximate surface area is 133 Å². The number of anilines is 1. The lowest BCUT2D eigenvalue weighted by atomic mass is 10.1. The van der Waals surface area contributed by atoms with Gasteiger partial charge in [0.1, 0.15) is 0 Å². The maximum Gasteiger partial charge on any atom is 0.258 e. The normalized spacial score (nSPS) is 10.5. The van der Waals surface area contributed by atoms with Crippen LogP contribution < -0.4 is 4.90 Å². The molecule has 0 saturated carbocycles. The lowest BCUT2D eigenvalue weighted by Crippen LogP contribution is -2.25. The summed E-state index contributed by atoms with van der Waals surface area (Å²) in [7, 11) is 1.80. The molecule has 22 heavy (non-hydrogen) atoms. The molecule has 0 fully saturated rings. The van der Waals surface area contributed by atoms with Gasteiger partial charge in [-0.05, 0) is 37.3 Å². The minimum Gasteiger partial charge on any atom is -0.311 e. The summed E-state index contributed by atoms with van der Waals surface area (Å²) >= 11 is 1.59. The van der Waals surface area contributed by atoms with Gasteiger partial charge in [-0.15, -0.1) is 11.3 Å². The average molecular weight is 308 g/mol. The Kier molecular flexibility index (Phi) is 4.02. The lowest BCUT2D eigenvalue weighted by Gasteiger charge is -2.15. The first kappa shape index (κ1) is 14.5. The third-order valence-corrected chi connectivity index (χ3v) is 4.43. The molecule has 1 amide bonds. The number of pyridine rings is 1. The van der Waals surface area contributed by atoms with Gasteiger partial charge in [0, 0.05) is 24.2 Å². The third-order valence-electron chi connectivity index (χ3n) is 3.49. The van der Waals surface area contributed by atoms with E-state index in [9.17, 15) is 4.79 Å². The summed E-state index contributed by atoms with van der Waals surface area (Å²) in [5, 5.41) is 1.98. The van der Waals surface area contributed by atoms with E-state index in [1.807, 2.05) is 60.8 Å². The smallest absolute Gasteiger partial charge is 0.258 e. The van der Waals surface area contributed by atoms with Gasteiger partial charge >= 0.3 is 0 Å². The molecule has 0 radical (unpaired) electrons. The maximum atomic E-state index is 12.5. The Morgan fingerprint density at radius 2 is 1.91 bits per heavy atom. The molecule has 0 saturated heterocycles. The molecule has 0 atom stereocenters. The van der Waals surface area contributed by atoms with E-state index in [1.54, 1.807) is 29.5 Å². The van der Waals surface area contributed by atoms with Crippen molar-refractivity contribution in [3.63, 3.8) is 0 Å². The van der Waals surface area contributed by atoms with E-state index in [4.69, 9.17) is 0 Å². The minimum absolute atomic E-state index is 0.00892. The fourth-order valence-electron chi connectivity index (χ4n) is 2.15. The predicted molar refractivity (Wildman–Crippen MR) is 91.5 cm³/mol. The van der Waals surface area contributed by atoms with Crippen LogP contribution >= 0.6 is 11.3 Å². The van der Waals surface area contributed by atoms with Crippen LogP contribution in [0.1, 0.15) is 15.9 Å². The van der Waals surface area contributed by atoms with E-state index >= 15 is 0 Å². The fraction of sp³-hybridized carbons (Fsp3) is 0.111. The number of rotatable bonds is 3. The van der Waals surface area contributed by atoms with Gasteiger partial charge in [0.2, 0.25) is 0 Å². The number of nitrogens with zero attached hydrogens (tertiary/aromatic N) is 2. The summed E-state index contributed by atoms with van der Waals surface area (Å²) in [6.45, 7) is 2.01. The minimum atomic E-state index is -0.00892. The highest BCUT2D eigenvalue weighted by molar-refractivity contribution is 7.14. The number of hydrogen-bond acceptors (Lipinski definition) is 3. The Balaban J connectivity index is 1.83. The summed E-state index contributed by atoms with van der Waals surface area (Å²) in [5.41, 5.74) is 3.65. The SMILES string of the molecule is Cc1ccc(C(=O)N(C)c2csc(-c3ccccn3)c2)cc1. The van der Waals surface area contributed by atoms with Crippen LogP contribution in [-0.4, -0.2) is 17.9 Å². The van der Waals surface area contributed by atoms with Gasteiger partial charge in [-0.1, -0.05) is 23.8 Å². The average Bonchev–Trinajstić information content (AvgIpc) is 3.05. The molecular weight excluding hydrogens is 292 g/mol. The molecule has 0 N–H and O–H groups in total. The van der Waals surface area contributed by atoms with Gasteiger partial charge in [-0.2, -0.15) is 0 Å². The maximum absolute atomic E-state index is 12.5. The fourth-order valence-corrected chi connectivity index (χ4v) is 3.06. The van der Waals surface area contributed by atoms with Crippen molar-refractivity contribution in [3.8, 4) is 10.6 Å². The molecule has 0 aliphatic carbocycles. The van der Waals surface area contributed by atoms with E-state index < -0.39 is 0 Å². The molecule has 0 aliphatic heterocycles. The van der Waals surface area contributed by atoms with Gasteiger partial charge in [-0.25, -0.2) is 0 Å². The van der Waals surface area contributed by atoms with E-state index in [1.165, 1.54) is 0 Å². The molecule has 110 valence electrons. The monoisotopic (exact) mass is 308 g/mol. The van der Waals surface area contributed by atoms with Crippen LogP contribution in [0.25, 0.3) is 10.6 Å². The first-order valence-electron chi connectivity index (χ1n) is 7.00. The number of amides is 1. The molecule has 0 spiro atoms. The third kappa shape index (κ3) is 2.92. The van der Waals surface area contributed by atoms with E-state index in [-0.39, 0.29) is 5.91 Å². The summed E-state index contributed by atoms with van der Waals surface area (Å²) in [5.74, 6) is -0.00892. The number of thiophene rings is 1. The topological polar surface area (TPSA) is 33.2 Å². The van der Waals surface area contributed by atoms with Crippen molar-refractivity contribution < 1.29 is 4.79 Å². The summed E-state index contributed by atoms with van der Waals surface area (Å²) in [4.78, 5) is 19.6. The number of benzene rings is 1. The molecule has 0 bridgehead atoms. The van der Waals surface area contributed by atoms with Crippen molar-refractivity contribution >= 4 is 22.9 Å². The zero-order valence-electron chi connectivity index (χ0n) is 12.5. The zero-order chi connectivity index (χ0) is 15.5. The van der Waals surface area contributed by atoms with Gasteiger partial charge in [0.05, 0.1) is 16.3 Å². The summed E-state index contributed by atoms with van der Waals surface area (Å²) in [6.07, 6.45) is 1.77. The molecule has 3 nitrogen and oxygen atoms in total. The number of aryl methyl sites for hydroxylation is 1. The largest absolute Gasteiger partial charge is 0.311 e. The van der Waals surface area contributed by atoms with E-state index in [0.29, 0.717) is 5.56 Å². The first-order chi connectivity index (χ1) is 10.6. The highest BCUT2D eigenvalue weighted by Crippen LogP contribution is 2.30. The van der Waals surface area contributed by atoms with E-state index in [2.05, 4.69) is 4.98 Å². The van der Waals surface area contributed by atoms with Crippen LogP contribution in [0.15, 0.2) is 60.1 Å². The quantitative estimate of drug-likeness (QED) is 0.718. The Morgan fingerprint density at radius 3 is 2.59 bits per heavy atom. The van der Waals surface area contributed by atoms with Crippen molar-refractivity contribution in [2.75, 3.05) is 11.9 Å². The summed E-state index contributed by atoms with van der Waals surface area (Å²) < 4.78 is 0. The molecule has 0 unspecified atom stereocenters. The molecular formula is C18H16N2OS. The molecule has 1 aromatic carbocycles. The number of aromatic nitrogens is 1. The number of carbonyl (C=O) groups excluding carboxylic acids is 1. The second-order valence-electron chi connectivity index (χ2n) is 5.11. The molecule has 4 heteroatoms. The highest BCUT2D eigenvalue weighted by atomic mass is 32.1.